The van der Waals surface area contributed by atoms with E-state index in [1.165, 1.54) is 0 Å². The number of hydrogen-bond acceptors (Lipinski definition) is 4. The van der Waals surface area contributed by atoms with Gasteiger partial charge < -0.3 is 24.2 Å². The van der Waals surface area contributed by atoms with E-state index in [2.05, 4.69) is 4.57 Å². The second-order valence-corrected chi connectivity index (χ2v) is 8.86. The van der Waals surface area contributed by atoms with Crippen molar-refractivity contribution in [2.45, 2.75) is 18.4 Å². The third-order valence-corrected chi connectivity index (χ3v) is 7.02. The van der Waals surface area contributed by atoms with E-state index in [1.807, 2.05) is 60.5 Å². The molecule has 1 fully saturated rings. The Labute approximate surface area is 186 Å². The standard InChI is InChI=1S/C25H27N3O4/c1-16(30)28-15-25(13-27(14-25)24(31)17-7-5-4-6-8-17)22-19-10-9-18(32-3)11-20(19)26(2)23(22)21(28)12-29/h4-11,21,29H,12-15H2,1-3H3/t21-/m0/s1. The molecule has 3 heterocycles. The number of fused-ring (bicyclic) bond motifs is 4. The summed E-state index contributed by atoms with van der Waals surface area (Å²) in [6.07, 6.45) is 0. The number of carbonyl (C=O) groups is 2. The lowest BCUT2D eigenvalue weighted by Gasteiger charge is -2.56. The van der Waals surface area contributed by atoms with Crippen LogP contribution in [0.25, 0.3) is 10.9 Å². The third kappa shape index (κ3) is 2.84. The van der Waals surface area contributed by atoms with Crippen molar-refractivity contribution in [2.24, 2.45) is 7.05 Å². The molecule has 0 saturated carbocycles. The summed E-state index contributed by atoms with van der Waals surface area (Å²) < 4.78 is 7.49. The number of aryl methyl sites for hydroxylation is 1. The van der Waals surface area contributed by atoms with Crippen LogP contribution in [-0.2, 0) is 17.3 Å². The highest BCUT2D eigenvalue weighted by Gasteiger charge is 2.55. The molecule has 2 aromatic carbocycles. The lowest BCUT2D eigenvalue weighted by atomic mass is 9.68. The van der Waals surface area contributed by atoms with Crippen molar-refractivity contribution < 1.29 is 19.4 Å². The van der Waals surface area contributed by atoms with Gasteiger partial charge in [-0.2, -0.15) is 0 Å². The molecule has 5 rings (SSSR count). The van der Waals surface area contributed by atoms with Gasteiger partial charge in [0.1, 0.15) is 5.75 Å². The van der Waals surface area contributed by atoms with Gasteiger partial charge in [-0.15, -0.1) is 0 Å². The van der Waals surface area contributed by atoms with E-state index in [-0.39, 0.29) is 23.8 Å². The van der Waals surface area contributed by atoms with E-state index in [1.54, 1.807) is 18.9 Å². The molecular weight excluding hydrogens is 406 g/mol. The molecule has 1 aromatic heterocycles. The summed E-state index contributed by atoms with van der Waals surface area (Å²) in [5.41, 5.74) is 3.35. The Bertz CT molecular complexity index is 1210. The number of ether oxygens (including phenoxy) is 1. The van der Waals surface area contributed by atoms with E-state index < -0.39 is 6.04 Å². The highest BCUT2D eigenvalue weighted by Crippen LogP contribution is 2.49. The van der Waals surface area contributed by atoms with Gasteiger partial charge in [-0.1, -0.05) is 18.2 Å². The van der Waals surface area contributed by atoms with Gasteiger partial charge in [-0.25, -0.2) is 0 Å². The molecule has 1 saturated heterocycles. The van der Waals surface area contributed by atoms with Crippen molar-refractivity contribution in [3.63, 3.8) is 0 Å². The predicted octanol–water partition coefficient (Wildman–Crippen LogP) is 2.48. The first-order chi connectivity index (χ1) is 15.4. The quantitative estimate of drug-likeness (QED) is 0.689. The average Bonchev–Trinajstić information content (AvgIpc) is 3.09. The van der Waals surface area contributed by atoms with Gasteiger partial charge in [-0.3, -0.25) is 9.59 Å². The van der Waals surface area contributed by atoms with Crippen molar-refractivity contribution >= 4 is 22.7 Å². The Balaban J connectivity index is 1.63. The lowest BCUT2D eigenvalue weighted by Crippen LogP contribution is -2.68. The molecule has 0 bridgehead atoms. The summed E-state index contributed by atoms with van der Waals surface area (Å²) in [7, 11) is 3.60. The summed E-state index contributed by atoms with van der Waals surface area (Å²) in [6.45, 7) is 2.92. The summed E-state index contributed by atoms with van der Waals surface area (Å²) in [4.78, 5) is 29.2. The van der Waals surface area contributed by atoms with Crippen molar-refractivity contribution in [3.05, 3.63) is 65.4 Å². The average molecular weight is 434 g/mol. The smallest absolute Gasteiger partial charge is 0.253 e. The number of aliphatic hydroxyl groups excluding tert-OH is 1. The summed E-state index contributed by atoms with van der Waals surface area (Å²) >= 11 is 0. The molecule has 1 spiro atoms. The molecule has 2 aliphatic heterocycles. The predicted molar refractivity (Wildman–Crippen MR) is 121 cm³/mol. The fourth-order valence-electron chi connectivity index (χ4n) is 5.54. The molecule has 2 aliphatic rings. The Morgan fingerprint density at radius 1 is 1.12 bits per heavy atom. The minimum Gasteiger partial charge on any atom is -0.497 e. The fraction of sp³-hybridized carbons (Fsp3) is 0.360. The van der Waals surface area contributed by atoms with E-state index in [4.69, 9.17) is 4.74 Å². The van der Waals surface area contributed by atoms with Crippen molar-refractivity contribution in [3.8, 4) is 5.75 Å². The molecule has 0 unspecified atom stereocenters. The Kier molecular flexibility index (Phi) is 4.74. The number of aliphatic hydroxyl groups is 1. The Hall–Kier alpha value is -3.32. The van der Waals surface area contributed by atoms with Gasteiger partial charge in [0, 0.05) is 56.3 Å². The zero-order chi connectivity index (χ0) is 22.6. The molecule has 7 nitrogen and oxygen atoms in total. The molecule has 0 aliphatic carbocycles. The van der Waals surface area contributed by atoms with Gasteiger partial charge in [-0.05, 0) is 29.8 Å². The van der Waals surface area contributed by atoms with Crippen molar-refractivity contribution in [1.82, 2.24) is 14.4 Å². The van der Waals surface area contributed by atoms with E-state index in [0.717, 1.165) is 27.9 Å². The van der Waals surface area contributed by atoms with Crippen LogP contribution >= 0.6 is 0 Å². The Morgan fingerprint density at radius 2 is 1.84 bits per heavy atom. The zero-order valence-electron chi connectivity index (χ0n) is 18.5. The van der Waals surface area contributed by atoms with Crippen LogP contribution < -0.4 is 4.74 Å². The molecule has 3 aromatic rings. The molecule has 2 amide bonds. The first-order valence-electron chi connectivity index (χ1n) is 10.8. The van der Waals surface area contributed by atoms with E-state index in [0.29, 0.717) is 25.2 Å². The first kappa shape index (κ1) is 20.6. The van der Waals surface area contributed by atoms with Crippen molar-refractivity contribution in [2.75, 3.05) is 33.4 Å². The lowest BCUT2D eigenvalue weighted by molar-refractivity contribution is -0.136. The fourth-order valence-corrected chi connectivity index (χ4v) is 5.54. The second-order valence-electron chi connectivity index (χ2n) is 8.86. The van der Waals surface area contributed by atoms with Gasteiger partial charge in [0.05, 0.1) is 30.7 Å². The van der Waals surface area contributed by atoms with Crippen LogP contribution in [0.5, 0.6) is 5.75 Å². The maximum Gasteiger partial charge on any atom is 0.253 e. The Morgan fingerprint density at radius 3 is 2.47 bits per heavy atom. The van der Waals surface area contributed by atoms with Crippen LogP contribution in [0.3, 0.4) is 0 Å². The largest absolute Gasteiger partial charge is 0.497 e. The highest BCUT2D eigenvalue weighted by atomic mass is 16.5. The maximum atomic E-state index is 13.0. The minimum absolute atomic E-state index is 0.00154. The molecule has 7 heteroatoms. The molecule has 1 atom stereocenters. The van der Waals surface area contributed by atoms with Gasteiger partial charge in [0.15, 0.2) is 0 Å². The SMILES string of the molecule is COc1ccc2c3c(n(C)c2c1)[C@H](CO)N(C(C)=O)CC31CN(C(=O)c2ccccc2)C1. The number of hydrogen-bond donors (Lipinski definition) is 1. The van der Waals surface area contributed by atoms with Crippen LogP contribution in [-0.4, -0.2) is 64.6 Å². The van der Waals surface area contributed by atoms with E-state index >= 15 is 0 Å². The van der Waals surface area contributed by atoms with Gasteiger partial charge >= 0.3 is 0 Å². The topological polar surface area (TPSA) is 75.0 Å². The van der Waals surface area contributed by atoms with Crippen LogP contribution in [0.2, 0.25) is 0 Å². The summed E-state index contributed by atoms with van der Waals surface area (Å²) in [5.74, 6) is 0.672. The summed E-state index contributed by atoms with van der Waals surface area (Å²) in [5, 5.41) is 11.3. The molecule has 32 heavy (non-hydrogen) atoms. The first-order valence-corrected chi connectivity index (χ1v) is 10.8. The third-order valence-electron chi connectivity index (χ3n) is 7.02. The number of benzene rings is 2. The number of rotatable bonds is 3. The van der Waals surface area contributed by atoms with Crippen LogP contribution in [0.4, 0.5) is 0 Å². The highest BCUT2D eigenvalue weighted by molar-refractivity contribution is 5.96. The number of likely N-dealkylation sites (tertiary alicyclic amines) is 1. The maximum absolute atomic E-state index is 13.0. The number of aromatic nitrogens is 1. The van der Waals surface area contributed by atoms with Gasteiger partial charge in [0.25, 0.3) is 5.91 Å². The molecule has 1 N–H and O–H groups in total. The monoisotopic (exact) mass is 433 g/mol. The second kappa shape index (κ2) is 7.38. The molecular formula is C25H27N3O4. The zero-order valence-corrected chi connectivity index (χ0v) is 18.5. The molecule has 0 radical (unpaired) electrons. The van der Waals surface area contributed by atoms with E-state index in [9.17, 15) is 14.7 Å². The van der Waals surface area contributed by atoms with Gasteiger partial charge in [0.2, 0.25) is 5.91 Å². The summed E-state index contributed by atoms with van der Waals surface area (Å²) in [6, 6.07) is 14.8. The van der Waals surface area contributed by atoms with Crippen molar-refractivity contribution in [1.29, 1.82) is 0 Å². The number of methoxy groups -OCH3 is 1. The van der Waals surface area contributed by atoms with Crippen LogP contribution in [0.1, 0.15) is 34.6 Å². The number of nitrogens with zero attached hydrogens (tertiary/aromatic N) is 3. The molecule has 166 valence electrons. The number of amides is 2. The normalized spacial score (nSPS) is 19.1. The number of carbonyl (C=O) groups excluding carboxylic acids is 2. The van der Waals surface area contributed by atoms with Crippen LogP contribution in [0, 0.1) is 0 Å². The van der Waals surface area contributed by atoms with Crippen LogP contribution in [0.15, 0.2) is 48.5 Å². The minimum atomic E-state index is -0.421.